The molecule has 2 unspecified atom stereocenters. The summed E-state index contributed by atoms with van der Waals surface area (Å²) < 4.78 is 33.7. The standard InChI is InChI=1S/C24H30N4.H2O4S/c1-3-9-21(10-4-1)27-17-7-13-25-16-20-28(22-11-5-2-6-12-22)18-8-14-26(15-19-27)24(28)23(25)27;1-5(2,3)4/h1-6,9-12H,7-8,13-20H2;(H2,1,2,3,4)/q+2;. The first kappa shape index (κ1) is 22.4. The van der Waals surface area contributed by atoms with Crippen LogP contribution in [0.2, 0.25) is 0 Å². The van der Waals surface area contributed by atoms with Gasteiger partial charge in [0, 0.05) is 25.9 Å². The maximum Gasteiger partial charge on any atom is 0.394 e. The summed E-state index contributed by atoms with van der Waals surface area (Å²) in [7, 11) is -4.67. The zero-order chi connectivity index (χ0) is 23.1. The van der Waals surface area contributed by atoms with E-state index in [0.717, 1.165) is 8.97 Å². The van der Waals surface area contributed by atoms with Gasteiger partial charge < -0.3 is 9.80 Å². The van der Waals surface area contributed by atoms with E-state index in [1.165, 1.54) is 76.6 Å². The minimum absolute atomic E-state index is 1.06. The van der Waals surface area contributed by atoms with Gasteiger partial charge in [0.1, 0.15) is 24.5 Å². The quantitative estimate of drug-likeness (QED) is 0.517. The van der Waals surface area contributed by atoms with Crippen LogP contribution in [0, 0.1) is 0 Å². The molecule has 0 radical (unpaired) electrons. The first-order chi connectivity index (χ1) is 15.8. The molecule has 4 aliphatic rings. The molecule has 4 heterocycles. The Morgan fingerprint density at radius 2 is 0.970 bits per heavy atom. The maximum absolute atomic E-state index is 8.74. The van der Waals surface area contributed by atoms with E-state index in [4.69, 9.17) is 17.5 Å². The van der Waals surface area contributed by atoms with Crippen molar-refractivity contribution in [2.45, 2.75) is 12.8 Å². The van der Waals surface area contributed by atoms with Crippen LogP contribution in [0.15, 0.2) is 72.3 Å². The molecule has 4 aliphatic heterocycles. The smallest absolute Gasteiger partial charge is 0.315 e. The van der Waals surface area contributed by atoms with Gasteiger partial charge in [0.25, 0.3) is 11.6 Å². The van der Waals surface area contributed by atoms with Gasteiger partial charge in [-0.25, -0.2) is 8.97 Å². The Balaban J connectivity index is 0.000000416. The molecule has 0 aromatic heterocycles. The number of hydrogen-bond donors (Lipinski definition) is 2. The van der Waals surface area contributed by atoms with Gasteiger partial charge in [-0.3, -0.25) is 9.11 Å². The van der Waals surface area contributed by atoms with E-state index in [0.29, 0.717) is 0 Å². The second kappa shape index (κ2) is 8.41. The average Bonchev–Trinajstić information content (AvgIpc) is 2.83. The fraction of sp³-hybridized carbons (Fsp3) is 0.417. The van der Waals surface area contributed by atoms with E-state index in [1.807, 2.05) is 0 Å². The lowest BCUT2D eigenvalue weighted by molar-refractivity contribution is 0.0287. The number of rotatable bonds is 2. The van der Waals surface area contributed by atoms with Crippen molar-refractivity contribution >= 4 is 21.8 Å². The third-order valence-corrected chi connectivity index (χ3v) is 7.55. The minimum Gasteiger partial charge on any atom is -0.315 e. The highest BCUT2D eigenvalue weighted by atomic mass is 32.3. The highest BCUT2D eigenvalue weighted by Crippen LogP contribution is 2.47. The van der Waals surface area contributed by atoms with Crippen molar-refractivity contribution in [2.75, 3.05) is 52.4 Å². The molecule has 8 nitrogen and oxygen atoms in total. The Bertz CT molecular complexity index is 1060. The number of para-hydroxylation sites is 2. The van der Waals surface area contributed by atoms with Crippen LogP contribution in [0.25, 0.3) is 0 Å². The third-order valence-electron chi connectivity index (χ3n) is 7.55. The molecule has 0 spiro atoms. The van der Waals surface area contributed by atoms with E-state index >= 15 is 0 Å². The van der Waals surface area contributed by atoms with E-state index in [2.05, 4.69) is 70.5 Å². The van der Waals surface area contributed by atoms with E-state index in [1.54, 1.807) is 11.6 Å². The summed E-state index contributed by atoms with van der Waals surface area (Å²) in [4.78, 5) is 5.48. The van der Waals surface area contributed by atoms with Gasteiger partial charge in [0.2, 0.25) is 0 Å². The number of hydrogen-bond acceptors (Lipinski definition) is 4. The molecule has 9 heteroatoms. The summed E-state index contributed by atoms with van der Waals surface area (Å²) in [5.74, 6) is 3.22. The van der Waals surface area contributed by atoms with Crippen LogP contribution in [0.3, 0.4) is 0 Å². The molecule has 2 N–H and O–H groups in total. The van der Waals surface area contributed by atoms with E-state index in [-0.39, 0.29) is 0 Å². The summed E-state index contributed by atoms with van der Waals surface area (Å²) in [5, 5.41) is 0. The molecule has 0 saturated carbocycles. The van der Waals surface area contributed by atoms with Crippen molar-refractivity contribution in [1.82, 2.24) is 18.8 Å². The summed E-state index contributed by atoms with van der Waals surface area (Å²) in [6.45, 7) is 9.66. The molecule has 2 atom stereocenters. The Morgan fingerprint density at radius 3 is 1.33 bits per heavy atom. The van der Waals surface area contributed by atoms with Crippen LogP contribution in [0.1, 0.15) is 12.8 Å². The fourth-order valence-corrected chi connectivity index (χ4v) is 6.34. The largest absolute Gasteiger partial charge is 0.394 e. The van der Waals surface area contributed by atoms with Gasteiger partial charge in [-0.1, -0.05) is 36.4 Å². The molecular formula is C24H32N4O4S+2. The highest BCUT2D eigenvalue weighted by molar-refractivity contribution is 7.79. The molecule has 0 aliphatic carbocycles. The molecule has 33 heavy (non-hydrogen) atoms. The Kier molecular flexibility index (Phi) is 5.70. The molecule has 2 fully saturated rings. The average molecular weight is 473 g/mol. The Morgan fingerprint density at radius 1 is 0.606 bits per heavy atom. The van der Waals surface area contributed by atoms with Gasteiger partial charge in [0.15, 0.2) is 0 Å². The topological polar surface area (TPSA) is 81.1 Å². The number of benzene rings is 2. The lowest BCUT2D eigenvalue weighted by Crippen LogP contribution is -2.74. The lowest BCUT2D eigenvalue weighted by atomic mass is 10.00. The number of quaternary nitrogens is 2. The van der Waals surface area contributed by atoms with Crippen molar-refractivity contribution in [1.29, 1.82) is 0 Å². The highest BCUT2D eigenvalue weighted by Gasteiger charge is 2.59. The van der Waals surface area contributed by atoms with Crippen molar-refractivity contribution in [3.63, 3.8) is 0 Å². The molecule has 2 aromatic carbocycles. The molecule has 0 amide bonds. The summed E-state index contributed by atoms with van der Waals surface area (Å²) in [5.41, 5.74) is 2.96. The molecule has 176 valence electrons. The van der Waals surface area contributed by atoms with Crippen LogP contribution in [0.5, 0.6) is 0 Å². The molecule has 2 aromatic rings. The number of nitrogens with zero attached hydrogens (tertiary/aromatic N) is 4. The van der Waals surface area contributed by atoms with Gasteiger partial charge in [-0.2, -0.15) is 8.42 Å². The predicted molar refractivity (Wildman–Crippen MR) is 130 cm³/mol. The lowest BCUT2D eigenvalue weighted by Gasteiger charge is -2.58. The maximum atomic E-state index is 8.74. The van der Waals surface area contributed by atoms with Gasteiger partial charge in [-0.05, 0) is 24.3 Å². The SMILES string of the molecule is O=S(=O)(O)O.c1ccc([N+]23CCCN4CC[N+]5(c6ccccc6)CCCN(CC2)C5=C43)cc1. The zero-order valence-electron chi connectivity index (χ0n) is 18.8. The molecule has 2 saturated heterocycles. The second-order valence-corrected chi connectivity index (χ2v) is 10.2. The van der Waals surface area contributed by atoms with Crippen molar-refractivity contribution in [3.8, 4) is 0 Å². The monoisotopic (exact) mass is 472 g/mol. The molecular weight excluding hydrogens is 440 g/mol. The minimum atomic E-state index is -4.67. The summed E-state index contributed by atoms with van der Waals surface area (Å²) in [6.07, 6.45) is 2.58. The van der Waals surface area contributed by atoms with E-state index < -0.39 is 10.4 Å². The van der Waals surface area contributed by atoms with Gasteiger partial charge >= 0.3 is 10.4 Å². The normalized spacial score (nSPS) is 28.5. The van der Waals surface area contributed by atoms with Crippen LogP contribution in [0.4, 0.5) is 11.4 Å². The van der Waals surface area contributed by atoms with Crippen molar-refractivity contribution < 1.29 is 17.5 Å². The van der Waals surface area contributed by atoms with Crippen LogP contribution >= 0.6 is 0 Å². The second-order valence-electron chi connectivity index (χ2n) is 9.28. The zero-order valence-corrected chi connectivity index (χ0v) is 19.6. The van der Waals surface area contributed by atoms with Crippen LogP contribution in [-0.2, 0) is 10.4 Å². The van der Waals surface area contributed by atoms with Crippen LogP contribution in [-0.4, -0.2) is 79.7 Å². The Labute approximate surface area is 195 Å². The summed E-state index contributed by atoms with van der Waals surface area (Å²) in [6, 6.07) is 22.7. The van der Waals surface area contributed by atoms with Gasteiger partial charge in [0.05, 0.1) is 26.2 Å². The Hall–Kier alpha value is -2.43. The van der Waals surface area contributed by atoms with Crippen LogP contribution < -0.4 is 8.97 Å². The van der Waals surface area contributed by atoms with Crippen molar-refractivity contribution in [3.05, 3.63) is 72.3 Å². The first-order valence-electron chi connectivity index (χ1n) is 11.6. The van der Waals surface area contributed by atoms with E-state index in [9.17, 15) is 0 Å². The van der Waals surface area contributed by atoms with Gasteiger partial charge in [-0.15, -0.1) is 0 Å². The fourth-order valence-electron chi connectivity index (χ4n) is 6.34. The van der Waals surface area contributed by atoms with Crippen molar-refractivity contribution in [2.24, 2.45) is 0 Å². The molecule has 0 bridgehead atoms. The first-order valence-corrected chi connectivity index (χ1v) is 13.0. The third kappa shape index (κ3) is 3.94. The summed E-state index contributed by atoms with van der Waals surface area (Å²) >= 11 is 0. The molecule has 6 rings (SSSR count). The predicted octanol–water partition coefficient (Wildman–Crippen LogP) is 2.91.